The van der Waals surface area contributed by atoms with Crippen molar-refractivity contribution in [3.8, 4) is 17.2 Å². The van der Waals surface area contributed by atoms with Crippen LogP contribution in [0.5, 0.6) is 17.2 Å². The molecule has 9 heteroatoms. The minimum absolute atomic E-state index is 0.0495. The van der Waals surface area contributed by atoms with Crippen LogP contribution >= 0.6 is 7.37 Å². The van der Waals surface area contributed by atoms with Crippen LogP contribution in [-0.4, -0.2) is 44.9 Å². The summed E-state index contributed by atoms with van der Waals surface area (Å²) in [5.41, 5.74) is -0.624. The standard InChI is InChI=1S/C27H34NO7P/c1-2-15-27(35-24-11-7-4-8-12-24,36(32,33)20-21-9-5-3-6-10-21)28-17-23(30)19-34-25-13-14-26(31)22(16-25)18-29/h3-14,16,23,28-31H,2,15,17-20H2,1H3,(H,32,33). The molecule has 0 aliphatic heterocycles. The predicted molar refractivity (Wildman–Crippen MR) is 138 cm³/mol. The van der Waals surface area contributed by atoms with Gasteiger partial charge in [0.1, 0.15) is 30.0 Å². The van der Waals surface area contributed by atoms with Gasteiger partial charge < -0.3 is 29.7 Å². The molecule has 5 N–H and O–H groups in total. The maximum atomic E-state index is 13.9. The van der Waals surface area contributed by atoms with E-state index in [4.69, 9.17) is 9.47 Å². The summed E-state index contributed by atoms with van der Waals surface area (Å²) in [6.45, 7) is 1.36. The molecule has 0 heterocycles. The van der Waals surface area contributed by atoms with Crippen molar-refractivity contribution < 1.29 is 34.3 Å². The normalized spacial score (nSPS) is 15.4. The monoisotopic (exact) mass is 515 g/mol. The van der Waals surface area contributed by atoms with E-state index in [-0.39, 0.29) is 38.1 Å². The van der Waals surface area contributed by atoms with Gasteiger partial charge in [-0.25, -0.2) is 0 Å². The summed E-state index contributed by atoms with van der Waals surface area (Å²) in [6, 6.07) is 22.3. The second-order valence-electron chi connectivity index (χ2n) is 8.59. The summed E-state index contributed by atoms with van der Waals surface area (Å²) in [5.74, 6) is 0.756. The minimum atomic E-state index is -4.03. The smallest absolute Gasteiger partial charge is 0.262 e. The molecule has 0 aliphatic carbocycles. The second-order valence-corrected chi connectivity index (χ2v) is 11.0. The summed E-state index contributed by atoms with van der Waals surface area (Å²) < 4.78 is 25.7. The Morgan fingerprint density at radius 3 is 2.31 bits per heavy atom. The lowest BCUT2D eigenvalue weighted by molar-refractivity contribution is 0.0527. The number of para-hydroxylation sites is 1. The van der Waals surface area contributed by atoms with Gasteiger partial charge in [-0.05, 0) is 35.9 Å². The summed E-state index contributed by atoms with van der Waals surface area (Å²) in [6.07, 6.45) is -0.349. The van der Waals surface area contributed by atoms with E-state index in [2.05, 4.69) is 5.32 Å². The van der Waals surface area contributed by atoms with E-state index in [1.54, 1.807) is 36.4 Å². The van der Waals surface area contributed by atoms with Crippen LogP contribution in [0.15, 0.2) is 78.9 Å². The first-order valence-corrected chi connectivity index (χ1v) is 13.7. The first kappa shape index (κ1) is 27.7. The summed E-state index contributed by atoms with van der Waals surface area (Å²) in [5, 5.41) is 32.7. The maximum absolute atomic E-state index is 13.9. The van der Waals surface area contributed by atoms with Gasteiger partial charge in [-0.2, -0.15) is 0 Å². The molecule has 0 aromatic heterocycles. The number of phenols is 1. The van der Waals surface area contributed by atoms with Crippen molar-refractivity contribution in [3.63, 3.8) is 0 Å². The molecule has 3 aromatic rings. The lowest BCUT2D eigenvalue weighted by Crippen LogP contribution is -2.53. The number of aliphatic hydroxyl groups excluding tert-OH is 2. The van der Waals surface area contributed by atoms with Gasteiger partial charge >= 0.3 is 0 Å². The Bertz CT molecular complexity index is 1130. The number of ether oxygens (including phenoxy) is 2. The highest BCUT2D eigenvalue weighted by atomic mass is 31.2. The number of rotatable bonds is 14. The van der Waals surface area contributed by atoms with E-state index in [0.29, 0.717) is 29.0 Å². The third-order valence-corrected chi connectivity index (χ3v) is 8.10. The molecule has 0 radical (unpaired) electrons. The lowest BCUT2D eigenvalue weighted by Gasteiger charge is -2.39. The van der Waals surface area contributed by atoms with Crippen LogP contribution in [0, 0.1) is 0 Å². The van der Waals surface area contributed by atoms with Crippen LogP contribution < -0.4 is 14.8 Å². The van der Waals surface area contributed by atoms with Crippen molar-refractivity contribution in [2.24, 2.45) is 0 Å². The van der Waals surface area contributed by atoms with E-state index in [0.717, 1.165) is 0 Å². The molecule has 8 nitrogen and oxygen atoms in total. The van der Waals surface area contributed by atoms with E-state index in [1.807, 2.05) is 31.2 Å². The number of aliphatic hydroxyl groups is 2. The van der Waals surface area contributed by atoms with Crippen molar-refractivity contribution >= 4 is 7.37 Å². The van der Waals surface area contributed by atoms with Crippen LogP contribution in [0.3, 0.4) is 0 Å². The highest BCUT2D eigenvalue weighted by Crippen LogP contribution is 2.58. The number of aromatic hydroxyl groups is 1. The SMILES string of the molecule is CCCC(NCC(O)COc1ccc(O)c(CO)c1)(Oc1ccccc1)P(=O)(O)Cc1ccccc1. The quantitative estimate of drug-likeness (QED) is 0.160. The Morgan fingerprint density at radius 2 is 1.67 bits per heavy atom. The average Bonchev–Trinajstić information content (AvgIpc) is 2.87. The van der Waals surface area contributed by atoms with Crippen LogP contribution in [0.4, 0.5) is 0 Å². The van der Waals surface area contributed by atoms with E-state index in [9.17, 15) is 24.8 Å². The van der Waals surface area contributed by atoms with Gasteiger partial charge in [-0.1, -0.05) is 61.9 Å². The third-order valence-electron chi connectivity index (χ3n) is 5.70. The first-order valence-electron chi connectivity index (χ1n) is 11.9. The molecule has 0 aliphatic rings. The molecule has 3 rings (SSSR count). The summed E-state index contributed by atoms with van der Waals surface area (Å²) in [7, 11) is -4.03. The van der Waals surface area contributed by atoms with Crippen molar-refractivity contribution in [1.82, 2.24) is 5.32 Å². The fourth-order valence-corrected chi connectivity index (χ4v) is 5.95. The number of hydrogen-bond acceptors (Lipinski definition) is 7. The van der Waals surface area contributed by atoms with Gasteiger partial charge in [0.05, 0.1) is 12.8 Å². The Labute approximate surface area is 211 Å². The number of hydrogen-bond donors (Lipinski definition) is 5. The van der Waals surface area contributed by atoms with Gasteiger partial charge in [-0.3, -0.25) is 9.88 Å². The maximum Gasteiger partial charge on any atom is 0.262 e. The van der Waals surface area contributed by atoms with E-state index in [1.165, 1.54) is 18.2 Å². The summed E-state index contributed by atoms with van der Waals surface area (Å²) >= 11 is 0. The van der Waals surface area contributed by atoms with E-state index >= 15 is 0 Å². The molecule has 194 valence electrons. The van der Waals surface area contributed by atoms with Gasteiger partial charge in [0.2, 0.25) is 5.47 Å². The molecule has 0 bridgehead atoms. The zero-order valence-electron chi connectivity index (χ0n) is 20.3. The van der Waals surface area contributed by atoms with Gasteiger partial charge in [0.15, 0.2) is 0 Å². The topological polar surface area (TPSA) is 128 Å². The first-order chi connectivity index (χ1) is 17.3. The predicted octanol–water partition coefficient (Wildman–Crippen LogP) is 4.22. The Balaban J connectivity index is 1.78. The van der Waals surface area contributed by atoms with Gasteiger partial charge in [0.25, 0.3) is 7.37 Å². The second kappa shape index (κ2) is 12.9. The molecule has 0 spiro atoms. The molecular weight excluding hydrogens is 481 g/mol. The molecule has 0 fully saturated rings. The van der Waals surface area contributed by atoms with Gasteiger partial charge in [0, 0.05) is 18.5 Å². The van der Waals surface area contributed by atoms with Gasteiger partial charge in [-0.15, -0.1) is 0 Å². The fraction of sp³-hybridized carbons (Fsp3) is 0.333. The largest absolute Gasteiger partial charge is 0.508 e. The van der Waals surface area contributed by atoms with Crippen molar-refractivity contribution in [2.75, 3.05) is 13.2 Å². The van der Waals surface area contributed by atoms with Crippen molar-refractivity contribution in [3.05, 3.63) is 90.0 Å². The highest BCUT2D eigenvalue weighted by Gasteiger charge is 2.49. The summed E-state index contributed by atoms with van der Waals surface area (Å²) in [4.78, 5) is 11.4. The Hall–Kier alpha value is -2.87. The molecule has 0 amide bonds. The molecule has 36 heavy (non-hydrogen) atoms. The average molecular weight is 516 g/mol. The lowest BCUT2D eigenvalue weighted by atomic mass is 10.2. The Kier molecular flexibility index (Phi) is 9.93. The van der Waals surface area contributed by atoms with Crippen molar-refractivity contribution in [2.45, 2.75) is 44.1 Å². The number of benzene rings is 3. The van der Waals surface area contributed by atoms with Crippen LogP contribution in [-0.2, 0) is 17.3 Å². The minimum Gasteiger partial charge on any atom is -0.508 e. The van der Waals surface area contributed by atoms with Crippen LogP contribution in [0.2, 0.25) is 0 Å². The third kappa shape index (κ3) is 7.32. The van der Waals surface area contributed by atoms with E-state index < -0.39 is 18.9 Å². The molecule has 0 saturated carbocycles. The molecule has 3 aromatic carbocycles. The highest BCUT2D eigenvalue weighted by molar-refractivity contribution is 7.58. The number of nitrogens with one attached hydrogen (secondary N) is 1. The molecule has 3 unspecified atom stereocenters. The molecular formula is C27H34NO7P. The zero-order valence-corrected chi connectivity index (χ0v) is 21.2. The molecule has 3 atom stereocenters. The molecule has 0 saturated heterocycles. The van der Waals surface area contributed by atoms with Crippen LogP contribution in [0.25, 0.3) is 0 Å². The fourth-order valence-electron chi connectivity index (χ4n) is 3.83. The zero-order chi connectivity index (χ0) is 26.0. The Morgan fingerprint density at radius 1 is 1.00 bits per heavy atom. The van der Waals surface area contributed by atoms with Crippen LogP contribution in [0.1, 0.15) is 30.9 Å². The van der Waals surface area contributed by atoms with Crippen molar-refractivity contribution in [1.29, 1.82) is 0 Å².